The fourth-order valence-electron chi connectivity index (χ4n) is 2.06. The second kappa shape index (κ2) is 6.48. The molecule has 0 saturated carbocycles. The summed E-state index contributed by atoms with van der Waals surface area (Å²) in [6, 6.07) is 2.23. The Morgan fingerprint density at radius 1 is 1.38 bits per heavy atom. The first kappa shape index (κ1) is 18.2. The molecule has 0 unspecified atom stereocenters. The van der Waals surface area contributed by atoms with Gasteiger partial charge in [0.15, 0.2) is 5.82 Å². The van der Waals surface area contributed by atoms with Crippen molar-refractivity contribution in [2.75, 3.05) is 32.9 Å². The van der Waals surface area contributed by atoms with E-state index in [0.717, 1.165) is 6.07 Å². The Hall–Kier alpha value is -0.890. The zero-order valence-electron chi connectivity index (χ0n) is 12.6. The minimum Gasteiger partial charge on any atom is -0.399 e. The topological polar surface area (TPSA) is 75.4 Å². The molecule has 0 radical (unpaired) electrons. The summed E-state index contributed by atoms with van der Waals surface area (Å²) < 4.78 is 40.7. The third kappa shape index (κ3) is 5.10. The van der Waals surface area contributed by atoms with Crippen LogP contribution in [0.15, 0.2) is 17.0 Å². The van der Waals surface area contributed by atoms with E-state index in [1.54, 1.807) is 0 Å². The van der Waals surface area contributed by atoms with E-state index in [2.05, 4.69) is 4.72 Å². The highest BCUT2D eigenvalue weighted by molar-refractivity contribution is 7.89. The molecule has 0 amide bonds. The van der Waals surface area contributed by atoms with E-state index < -0.39 is 20.7 Å². The van der Waals surface area contributed by atoms with Crippen LogP contribution < -0.4 is 10.5 Å². The van der Waals surface area contributed by atoms with Gasteiger partial charge in [0.1, 0.15) is 4.90 Å². The molecule has 0 aliphatic heterocycles. The third-order valence-corrected chi connectivity index (χ3v) is 4.47. The predicted octanol–water partition coefficient (Wildman–Crippen LogP) is 1.93. The number of benzene rings is 1. The largest absolute Gasteiger partial charge is 0.399 e. The summed E-state index contributed by atoms with van der Waals surface area (Å²) in [4.78, 5) is 1.42. The van der Waals surface area contributed by atoms with Crippen LogP contribution in [0.2, 0.25) is 5.02 Å². The Labute approximate surface area is 130 Å². The van der Waals surface area contributed by atoms with E-state index in [1.807, 2.05) is 32.8 Å². The summed E-state index contributed by atoms with van der Waals surface area (Å²) in [5.74, 6) is -0.996. The van der Waals surface area contributed by atoms with E-state index in [0.29, 0.717) is 6.54 Å². The van der Waals surface area contributed by atoms with E-state index in [1.165, 1.54) is 6.07 Å². The zero-order valence-corrected chi connectivity index (χ0v) is 14.1. The first-order valence-corrected chi connectivity index (χ1v) is 8.20. The maximum Gasteiger partial charge on any atom is 0.243 e. The van der Waals surface area contributed by atoms with Crippen molar-refractivity contribution < 1.29 is 12.8 Å². The normalized spacial score (nSPS) is 12.9. The summed E-state index contributed by atoms with van der Waals surface area (Å²) in [6.07, 6.45) is 0. The number of halogens is 2. The Balaban J connectivity index is 2.98. The Morgan fingerprint density at radius 2 is 1.95 bits per heavy atom. The standard InChI is InChI=1S/C13H21ClFN3O2S/c1-13(2,8-18(3)4)7-17-21(19,20)11-6-9(16)5-10(14)12(11)15/h5-6,17H,7-8,16H2,1-4H3. The monoisotopic (exact) mass is 337 g/mol. The van der Waals surface area contributed by atoms with Gasteiger partial charge in [-0.1, -0.05) is 25.4 Å². The first-order valence-electron chi connectivity index (χ1n) is 6.33. The molecular weight excluding hydrogens is 317 g/mol. The van der Waals surface area contributed by atoms with Crippen LogP contribution in [-0.2, 0) is 10.0 Å². The van der Waals surface area contributed by atoms with Crippen LogP contribution in [-0.4, -0.2) is 40.5 Å². The van der Waals surface area contributed by atoms with E-state index in [9.17, 15) is 12.8 Å². The molecule has 0 heterocycles. The summed E-state index contributed by atoms with van der Waals surface area (Å²) in [5.41, 5.74) is 5.31. The van der Waals surface area contributed by atoms with Gasteiger partial charge >= 0.3 is 0 Å². The number of sulfonamides is 1. The van der Waals surface area contributed by atoms with Crippen LogP contribution in [0.25, 0.3) is 0 Å². The molecule has 0 bridgehead atoms. The van der Waals surface area contributed by atoms with Crippen molar-refractivity contribution in [3.8, 4) is 0 Å². The van der Waals surface area contributed by atoms with Gasteiger partial charge in [0.2, 0.25) is 10.0 Å². The van der Waals surface area contributed by atoms with E-state index in [-0.39, 0.29) is 22.7 Å². The maximum atomic E-state index is 13.9. The molecule has 0 aromatic heterocycles. The number of nitrogens with zero attached hydrogens (tertiary/aromatic N) is 1. The molecule has 21 heavy (non-hydrogen) atoms. The molecule has 1 aromatic rings. The number of nitrogens with one attached hydrogen (secondary N) is 1. The fourth-order valence-corrected chi connectivity index (χ4v) is 3.72. The van der Waals surface area contributed by atoms with Gasteiger partial charge in [-0.25, -0.2) is 17.5 Å². The smallest absolute Gasteiger partial charge is 0.243 e. The number of hydrogen-bond acceptors (Lipinski definition) is 4. The molecule has 0 spiro atoms. The Kier molecular flexibility index (Phi) is 5.60. The van der Waals surface area contributed by atoms with Gasteiger partial charge in [-0.3, -0.25) is 0 Å². The molecule has 0 fully saturated rings. The van der Waals surface area contributed by atoms with Gasteiger partial charge < -0.3 is 10.6 Å². The highest BCUT2D eigenvalue weighted by atomic mass is 35.5. The summed E-state index contributed by atoms with van der Waals surface area (Å²) in [5, 5.41) is -0.317. The number of hydrogen-bond donors (Lipinski definition) is 2. The zero-order chi connectivity index (χ0) is 16.4. The van der Waals surface area contributed by atoms with Crippen LogP contribution in [0.3, 0.4) is 0 Å². The molecule has 0 aliphatic carbocycles. The summed E-state index contributed by atoms with van der Waals surface area (Å²) in [6.45, 7) is 4.67. The minimum absolute atomic E-state index is 0.0920. The quantitative estimate of drug-likeness (QED) is 0.778. The SMILES string of the molecule is CN(C)CC(C)(C)CNS(=O)(=O)c1cc(N)cc(Cl)c1F. The van der Waals surface area contributed by atoms with Crippen molar-refractivity contribution in [3.05, 3.63) is 23.0 Å². The van der Waals surface area contributed by atoms with Crippen molar-refractivity contribution >= 4 is 27.3 Å². The second-order valence-electron chi connectivity index (χ2n) is 6.04. The summed E-state index contributed by atoms with van der Waals surface area (Å²) >= 11 is 5.63. The fraction of sp³-hybridized carbons (Fsp3) is 0.538. The lowest BCUT2D eigenvalue weighted by atomic mass is 9.93. The third-order valence-electron chi connectivity index (χ3n) is 2.79. The van der Waals surface area contributed by atoms with Crippen LogP contribution in [0.5, 0.6) is 0 Å². The lowest BCUT2D eigenvalue weighted by Crippen LogP contribution is -2.40. The van der Waals surface area contributed by atoms with Crippen molar-refractivity contribution in [1.29, 1.82) is 0 Å². The van der Waals surface area contributed by atoms with Crippen LogP contribution in [0, 0.1) is 11.2 Å². The van der Waals surface area contributed by atoms with Crippen molar-refractivity contribution in [3.63, 3.8) is 0 Å². The highest BCUT2D eigenvalue weighted by Crippen LogP contribution is 2.26. The molecule has 0 atom stereocenters. The Bertz CT molecular complexity index is 618. The van der Waals surface area contributed by atoms with E-state index in [4.69, 9.17) is 17.3 Å². The number of nitrogen functional groups attached to an aromatic ring is 1. The average molecular weight is 338 g/mol. The lowest BCUT2D eigenvalue weighted by Gasteiger charge is -2.28. The van der Waals surface area contributed by atoms with Crippen molar-refractivity contribution in [1.82, 2.24) is 9.62 Å². The number of nitrogens with two attached hydrogens (primary N) is 1. The van der Waals surface area contributed by atoms with Gasteiger partial charge in [-0.2, -0.15) is 0 Å². The van der Waals surface area contributed by atoms with Gasteiger partial charge in [0.25, 0.3) is 0 Å². The van der Waals surface area contributed by atoms with Crippen molar-refractivity contribution in [2.24, 2.45) is 5.41 Å². The second-order valence-corrected chi connectivity index (χ2v) is 8.18. The Morgan fingerprint density at radius 3 is 2.48 bits per heavy atom. The molecule has 1 rings (SSSR count). The lowest BCUT2D eigenvalue weighted by molar-refractivity contribution is 0.242. The van der Waals surface area contributed by atoms with Gasteiger partial charge in [-0.05, 0) is 31.6 Å². The molecule has 1 aromatic carbocycles. The van der Waals surface area contributed by atoms with Crippen molar-refractivity contribution in [2.45, 2.75) is 18.7 Å². The minimum atomic E-state index is -4.01. The maximum absolute atomic E-state index is 13.9. The molecule has 0 saturated heterocycles. The molecule has 0 aliphatic rings. The van der Waals surface area contributed by atoms with Crippen LogP contribution in [0.4, 0.5) is 10.1 Å². The molecular formula is C13H21ClFN3O2S. The number of anilines is 1. The van der Waals surface area contributed by atoms with Gasteiger partial charge in [-0.15, -0.1) is 0 Å². The summed E-state index contributed by atoms with van der Waals surface area (Å²) in [7, 11) is -0.220. The number of rotatable bonds is 6. The average Bonchev–Trinajstić information content (AvgIpc) is 2.30. The first-order chi connectivity index (χ1) is 9.44. The molecule has 120 valence electrons. The van der Waals surface area contributed by atoms with Gasteiger partial charge in [0, 0.05) is 18.8 Å². The van der Waals surface area contributed by atoms with Crippen LogP contribution >= 0.6 is 11.6 Å². The predicted molar refractivity (Wildman–Crippen MR) is 83.3 cm³/mol. The molecule has 5 nitrogen and oxygen atoms in total. The van der Waals surface area contributed by atoms with Crippen LogP contribution in [0.1, 0.15) is 13.8 Å². The molecule has 8 heteroatoms. The van der Waals surface area contributed by atoms with Gasteiger partial charge in [0.05, 0.1) is 5.02 Å². The highest BCUT2D eigenvalue weighted by Gasteiger charge is 2.26. The molecule has 3 N–H and O–H groups in total. The van der Waals surface area contributed by atoms with E-state index >= 15 is 0 Å².